The molecule has 6 heteroatoms. The second kappa shape index (κ2) is 4.25. The van der Waals surface area contributed by atoms with Gasteiger partial charge in [-0.3, -0.25) is 0 Å². The predicted octanol–water partition coefficient (Wildman–Crippen LogP) is 2.68. The fourth-order valence-electron chi connectivity index (χ4n) is 0.578. The highest BCUT2D eigenvalue weighted by atomic mass is 35.5. The van der Waals surface area contributed by atoms with Crippen LogP contribution in [0.1, 0.15) is 13.8 Å². The number of hydrogen-bond donors (Lipinski definition) is 0. The lowest BCUT2D eigenvalue weighted by Gasteiger charge is -2.03. The Balaban J connectivity index is 2.90. The van der Waals surface area contributed by atoms with E-state index in [9.17, 15) is 0 Å². The van der Waals surface area contributed by atoms with Gasteiger partial charge >= 0.3 is 0 Å². The van der Waals surface area contributed by atoms with Crippen LogP contribution < -0.4 is 0 Å². The summed E-state index contributed by atoms with van der Waals surface area (Å²) in [7, 11) is 0. The monoisotopic (exact) mass is 223 g/mol. The van der Waals surface area contributed by atoms with Gasteiger partial charge in [0.2, 0.25) is 5.28 Å². The molecule has 0 aliphatic rings. The third-order valence-electron chi connectivity index (χ3n) is 0.938. The van der Waals surface area contributed by atoms with Crippen molar-refractivity contribution >= 4 is 35.0 Å². The van der Waals surface area contributed by atoms with E-state index in [-0.39, 0.29) is 5.28 Å². The molecule has 0 spiro atoms. The van der Waals surface area contributed by atoms with E-state index in [4.69, 9.17) is 23.2 Å². The summed E-state index contributed by atoms with van der Waals surface area (Å²) >= 11 is 12.8. The van der Waals surface area contributed by atoms with E-state index >= 15 is 0 Å². The van der Waals surface area contributed by atoms with Crippen molar-refractivity contribution in [1.29, 1.82) is 0 Å². The first-order valence-corrected chi connectivity index (χ1v) is 4.95. The van der Waals surface area contributed by atoms with Gasteiger partial charge in [-0.15, -0.1) is 22.0 Å². The highest BCUT2D eigenvalue weighted by molar-refractivity contribution is 7.99. The summed E-state index contributed by atoms with van der Waals surface area (Å²) in [6.07, 6.45) is 0. The van der Waals surface area contributed by atoms with Gasteiger partial charge in [0, 0.05) is 5.25 Å². The Labute approximate surface area is 84.9 Å². The van der Waals surface area contributed by atoms with Gasteiger partial charge in [-0.05, 0) is 11.6 Å². The van der Waals surface area contributed by atoms with Crippen molar-refractivity contribution < 1.29 is 0 Å². The quantitative estimate of drug-likeness (QED) is 0.724. The lowest BCUT2D eigenvalue weighted by Crippen LogP contribution is -1.95. The third kappa shape index (κ3) is 2.77. The lowest BCUT2D eigenvalue weighted by molar-refractivity contribution is 0.901. The van der Waals surface area contributed by atoms with Gasteiger partial charge in [0.05, 0.1) is 0 Å². The lowest BCUT2D eigenvalue weighted by atomic mass is 10.6. The van der Waals surface area contributed by atoms with E-state index in [1.807, 2.05) is 13.8 Å². The zero-order valence-electron chi connectivity index (χ0n) is 6.58. The summed E-state index contributed by atoms with van der Waals surface area (Å²) in [6, 6.07) is 0. The minimum absolute atomic E-state index is 0.127. The molecular formula is C6H7Cl2N3S. The molecule has 1 aromatic rings. The summed E-state index contributed by atoms with van der Waals surface area (Å²) in [4.78, 5) is 3.94. The molecule has 0 N–H and O–H groups in total. The normalized spacial score (nSPS) is 10.8. The molecule has 3 nitrogen and oxygen atoms in total. The number of aromatic nitrogens is 3. The van der Waals surface area contributed by atoms with E-state index < -0.39 is 0 Å². The van der Waals surface area contributed by atoms with Crippen LogP contribution in [0.2, 0.25) is 10.4 Å². The van der Waals surface area contributed by atoms with Crippen molar-refractivity contribution in [1.82, 2.24) is 15.2 Å². The fourth-order valence-corrected chi connectivity index (χ4v) is 1.69. The molecule has 12 heavy (non-hydrogen) atoms. The fraction of sp³-hybridized carbons (Fsp3) is 0.500. The maximum absolute atomic E-state index is 5.72. The summed E-state index contributed by atoms with van der Waals surface area (Å²) in [5, 5.41) is 8.60. The minimum Gasteiger partial charge on any atom is -0.207 e. The third-order valence-corrected chi connectivity index (χ3v) is 2.44. The average Bonchev–Trinajstić information content (AvgIpc) is 1.96. The summed E-state index contributed by atoms with van der Waals surface area (Å²) in [5.41, 5.74) is 0. The van der Waals surface area contributed by atoms with Gasteiger partial charge in [-0.1, -0.05) is 25.4 Å². The number of rotatable bonds is 2. The molecule has 1 aromatic heterocycles. The Morgan fingerprint density at radius 2 is 1.92 bits per heavy atom. The van der Waals surface area contributed by atoms with E-state index in [2.05, 4.69) is 15.2 Å². The van der Waals surface area contributed by atoms with Crippen molar-refractivity contribution in [3.05, 3.63) is 10.4 Å². The van der Waals surface area contributed by atoms with Gasteiger partial charge in [0.25, 0.3) is 0 Å². The SMILES string of the molecule is CC(C)Sc1nc(Cl)nnc1Cl. The maximum Gasteiger partial charge on any atom is 0.244 e. The highest BCUT2D eigenvalue weighted by Crippen LogP contribution is 2.26. The minimum atomic E-state index is 0.127. The first kappa shape index (κ1) is 10.0. The molecule has 0 aromatic carbocycles. The van der Waals surface area contributed by atoms with Crippen LogP contribution >= 0.6 is 35.0 Å². The van der Waals surface area contributed by atoms with E-state index in [1.165, 1.54) is 11.8 Å². The Bertz CT molecular complexity index is 279. The molecule has 0 saturated heterocycles. The van der Waals surface area contributed by atoms with E-state index in [0.717, 1.165) is 0 Å². The van der Waals surface area contributed by atoms with Crippen molar-refractivity contribution in [2.75, 3.05) is 0 Å². The Morgan fingerprint density at radius 3 is 2.50 bits per heavy atom. The van der Waals surface area contributed by atoms with Gasteiger partial charge in [0.15, 0.2) is 5.15 Å². The van der Waals surface area contributed by atoms with Gasteiger partial charge in [0.1, 0.15) is 5.03 Å². The van der Waals surface area contributed by atoms with Crippen LogP contribution in [-0.2, 0) is 0 Å². The van der Waals surface area contributed by atoms with Crippen LogP contribution in [0.4, 0.5) is 0 Å². The number of halogens is 2. The molecule has 66 valence electrons. The molecule has 0 unspecified atom stereocenters. The topological polar surface area (TPSA) is 38.7 Å². The molecule has 1 rings (SSSR count). The van der Waals surface area contributed by atoms with Gasteiger partial charge in [-0.2, -0.15) is 0 Å². The van der Waals surface area contributed by atoms with Crippen LogP contribution in [0.25, 0.3) is 0 Å². The molecule has 0 radical (unpaired) electrons. The summed E-state index contributed by atoms with van der Waals surface area (Å²) < 4.78 is 0. The Kier molecular flexibility index (Phi) is 3.55. The maximum atomic E-state index is 5.72. The van der Waals surface area contributed by atoms with Crippen molar-refractivity contribution in [3.63, 3.8) is 0 Å². The van der Waals surface area contributed by atoms with Crippen LogP contribution in [0, 0.1) is 0 Å². The van der Waals surface area contributed by atoms with Crippen molar-refractivity contribution in [2.24, 2.45) is 0 Å². The average molecular weight is 224 g/mol. The molecule has 0 fully saturated rings. The van der Waals surface area contributed by atoms with Gasteiger partial charge < -0.3 is 0 Å². The van der Waals surface area contributed by atoms with Crippen molar-refractivity contribution in [2.45, 2.75) is 24.1 Å². The molecular weight excluding hydrogens is 217 g/mol. The largest absolute Gasteiger partial charge is 0.244 e. The Hall–Kier alpha value is -0.0600. The highest BCUT2D eigenvalue weighted by Gasteiger charge is 2.08. The van der Waals surface area contributed by atoms with E-state index in [1.54, 1.807) is 0 Å². The summed E-state index contributed by atoms with van der Waals surface area (Å²) in [5.74, 6) is 0. The molecule has 0 amide bonds. The number of hydrogen-bond acceptors (Lipinski definition) is 4. The molecule has 1 heterocycles. The second-order valence-electron chi connectivity index (χ2n) is 2.34. The second-order valence-corrected chi connectivity index (χ2v) is 4.60. The zero-order valence-corrected chi connectivity index (χ0v) is 8.91. The standard InChI is InChI=1S/C6H7Cl2N3S/c1-3(2)12-5-4(7)10-11-6(8)9-5/h3H,1-2H3. The predicted molar refractivity (Wildman–Crippen MR) is 50.8 cm³/mol. The Morgan fingerprint density at radius 1 is 1.25 bits per heavy atom. The zero-order chi connectivity index (χ0) is 9.14. The first-order chi connectivity index (χ1) is 5.59. The van der Waals surface area contributed by atoms with Crippen LogP contribution in [0.15, 0.2) is 5.03 Å². The molecule has 0 saturated carbocycles. The summed E-state index contributed by atoms with van der Waals surface area (Å²) in [6.45, 7) is 4.08. The van der Waals surface area contributed by atoms with Crippen LogP contribution in [0.5, 0.6) is 0 Å². The van der Waals surface area contributed by atoms with Gasteiger partial charge in [-0.25, -0.2) is 4.98 Å². The smallest absolute Gasteiger partial charge is 0.207 e. The molecule has 0 aliphatic heterocycles. The molecule has 0 aliphatic carbocycles. The van der Waals surface area contributed by atoms with Crippen LogP contribution in [0.3, 0.4) is 0 Å². The molecule has 0 atom stereocenters. The number of thioether (sulfide) groups is 1. The van der Waals surface area contributed by atoms with Crippen LogP contribution in [-0.4, -0.2) is 20.4 Å². The number of nitrogens with zero attached hydrogens (tertiary/aromatic N) is 3. The first-order valence-electron chi connectivity index (χ1n) is 3.32. The molecule has 0 bridgehead atoms. The van der Waals surface area contributed by atoms with E-state index in [0.29, 0.717) is 15.4 Å². The van der Waals surface area contributed by atoms with Crippen molar-refractivity contribution in [3.8, 4) is 0 Å².